The van der Waals surface area contributed by atoms with Crippen molar-refractivity contribution in [3.63, 3.8) is 0 Å². The summed E-state index contributed by atoms with van der Waals surface area (Å²) in [6.07, 6.45) is -3.30. The molecule has 17 heteroatoms. The van der Waals surface area contributed by atoms with Gasteiger partial charge in [-0.2, -0.15) is 0 Å². The zero-order chi connectivity index (χ0) is 33.6. The third-order valence-corrected chi connectivity index (χ3v) is 9.75. The van der Waals surface area contributed by atoms with Crippen molar-refractivity contribution in [3.8, 4) is 0 Å². The number of hydrogen-bond acceptors (Lipinski definition) is 10. The van der Waals surface area contributed by atoms with E-state index in [9.17, 15) is 15.9 Å². The zero-order valence-electron chi connectivity index (χ0n) is 26.8. The molecular formula is C28H44Cl3N7O7. The molecule has 0 radical (unpaired) electrons. The minimum atomic E-state index is -1.93. The molecule has 0 aromatic rings. The SMILES string of the molecule is CC[C@@H]1O[C@H](O[C@H]2[C@H](C)C(C)[C@H](O[C@@H]3[C@H](CC)O[C@H](OC=NC(Cl)(Cl)Cl)C(N=[N+]=[N-])[C@H]3C)O[C@H]2C(C)=O)C(N=[N+]=[N-])[C@@H](C)[C@@H]1C. The van der Waals surface area contributed by atoms with Crippen LogP contribution in [0.2, 0.25) is 0 Å². The molecule has 254 valence electrons. The van der Waals surface area contributed by atoms with Crippen molar-refractivity contribution in [3.05, 3.63) is 20.9 Å². The molecule has 0 saturated carbocycles. The van der Waals surface area contributed by atoms with Crippen molar-refractivity contribution in [2.24, 2.45) is 44.8 Å². The minimum Gasteiger partial charge on any atom is -0.454 e. The molecule has 3 fully saturated rings. The molecule has 3 rings (SSSR count). The van der Waals surface area contributed by atoms with Gasteiger partial charge in [0.25, 0.3) is 3.92 Å². The molecule has 3 aliphatic heterocycles. The summed E-state index contributed by atoms with van der Waals surface area (Å²) in [7, 11) is 0. The molecule has 0 amide bonds. The number of azide groups is 2. The van der Waals surface area contributed by atoms with Crippen LogP contribution in [-0.4, -0.2) is 77.6 Å². The molecule has 0 aromatic carbocycles. The molecule has 0 aliphatic carbocycles. The van der Waals surface area contributed by atoms with E-state index in [1.165, 1.54) is 6.92 Å². The Morgan fingerprint density at radius 1 is 0.778 bits per heavy atom. The maximum absolute atomic E-state index is 13.0. The van der Waals surface area contributed by atoms with E-state index in [-0.39, 0.29) is 35.6 Å². The fourth-order valence-electron chi connectivity index (χ4n) is 6.36. The lowest BCUT2D eigenvalue weighted by Crippen LogP contribution is -2.60. The number of carbonyl (C=O) groups is 1. The minimum absolute atomic E-state index is 0.00194. The number of carbonyl (C=O) groups excluding carboxylic acids is 1. The highest BCUT2D eigenvalue weighted by molar-refractivity contribution is 6.67. The molecule has 3 unspecified atom stereocenters. The van der Waals surface area contributed by atoms with Crippen LogP contribution in [0.15, 0.2) is 15.2 Å². The molecule has 45 heavy (non-hydrogen) atoms. The summed E-state index contributed by atoms with van der Waals surface area (Å²) >= 11 is 17.0. The first-order valence-electron chi connectivity index (χ1n) is 15.3. The first kappa shape index (κ1) is 37.9. The van der Waals surface area contributed by atoms with Crippen LogP contribution in [0.1, 0.15) is 68.2 Å². The van der Waals surface area contributed by atoms with Crippen molar-refractivity contribution in [2.45, 2.75) is 134 Å². The summed E-state index contributed by atoms with van der Waals surface area (Å²) in [4.78, 5) is 22.7. The molecule has 0 N–H and O–H groups in total. The number of halogens is 3. The Hall–Kier alpha value is -1.57. The van der Waals surface area contributed by atoms with Gasteiger partial charge in [-0.3, -0.25) is 4.79 Å². The Morgan fingerprint density at radius 3 is 1.87 bits per heavy atom. The van der Waals surface area contributed by atoms with E-state index >= 15 is 0 Å². The summed E-state index contributed by atoms with van der Waals surface area (Å²) < 4.78 is 35.5. The number of nitrogens with zero attached hydrogens (tertiary/aromatic N) is 7. The predicted molar refractivity (Wildman–Crippen MR) is 169 cm³/mol. The summed E-state index contributed by atoms with van der Waals surface area (Å²) in [5.41, 5.74) is 18.6. The maximum Gasteiger partial charge on any atom is 0.288 e. The average Bonchev–Trinajstić information content (AvgIpc) is 2.98. The zero-order valence-corrected chi connectivity index (χ0v) is 29.0. The van der Waals surface area contributed by atoms with Gasteiger partial charge in [-0.1, -0.05) is 93.5 Å². The van der Waals surface area contributed by atoms with Crippen LogP contribution in [0.5, 0.6) is 0 Å². The van der Waals surface area contributed by atoms with Gasteiger partial charge in [0.1, 0.15) is 12.1 Å². The summed E-state index contributed by atoms with van der Waals surface area (Å²) in [5.74, 6) is -0.985. The topological polar surface area (TPSA) is 182 Å². The maximum atomic E-state index is 13.0. The van der Waals surface area contributed by atoms with Crippen molar-refractivity contribution in [2.75, 3.05) is 0 Å². The highest BCUT2D eigenvalue weighted by atomic mass is 35.6. The van der Waals surface area contributed by atoms with Crippen molar-refractivity contribution in [1.82, 2.24) is 0 Å². The molecule has 0 spiro atoms. The smallest absolute Gasteiger partial charge is 0.288 e. The largest absolute Gasteiger partial charge is 0.454 e. The van der Waals surface area contributed by atoms with Crippen molar-refractivity contribution >= 4 is 47.0 Å². The first-order valence-corrected chi connectivity index (χ1v) is 16.4. The number of alkyl halides is 3. The average molecular weight is 697 g/mol. The van der Waals surface area contributed by atoms with E-state index in [1.807, 2.05) is 41.5 Å². The second-order valence-electron chi connectivity index (χ2n) is 12.2. The van der Waals surface area contributed by atoms with Gasteiger partial charge in [0.15, 0.2) is 24.8 Å². The Labute approximate surface area is 278 Å². The lowest BCUT2D eigenvalue weighted by molar-refractivity contribution is -0.332. The van der Waals surface area contributed by atoms with Gasteiger partial charge >= 0.3 is 0 Å². The highest BCUT2D eigenvalue weighted by Gasteiger charge is 2.52. The lowest BCUT2D eigenvalue weighted by atomic mass is 9.80. The second kappa shape index (κ2) is 16.5. The quantitative estimate of drug-likeness (QED) is 0.0414. The van der Waals surface area contributed by atoms with Gasteiger partial charge in [-0.05, 0) is 54.5 Å². The summed E-state index contributed by atoms with van der Waals surface area (Å²) in [5, 5.41) is 7.92. The number of ketones is 1. The van der Waals surface area contributed by atoms with E-state index in [0.717, 1.165) is 12.8 Å². The van der Waals surface area contributed by atoms with Gasteiger partial charge in [-0.15, -0.1) is 0 Å². The number of Topliss-reactive ketones (excluding diaryl/α,β-unsaturated/α-hetero) is 1. The van der Waals surface area contributed by atoms with Crippen LogP contribution < -0.4 is 0 Å². The van der Waals surface area contributed by atoms with Crippen molar-refractivity contribution in [1.29, 1.82) is 0 Å². The normalized spacial score (nSPS) is 42.4. The first-order chi connectivity index (χ1) is 21.2. The van der Waals surface area contributed by atoms with E-state index in [4.69, 9.17) is 63.2 Å². The number of rotatable bonds is 11. The van der Waals surface area contributed by atoms with Crippen LogP contribution in [0.3, 0.4) is 0 Å². The Balaban J connectivity index is 1.83. The van der Waals surface area contributed by atoms with Crippen LogP contribution in [0.25, 0.3) is 20.9 Å². The molecule has 3 heterocycles. The Morgan fingerprint density at radius 2 is 1.33 bits per heavy atom. The molecule has 15 atom stereocenters. The fraction of sp³-hybridized carbons (Fsp3) is 0.929. The third kappa shape index (κ3) is 9.07. The number of ether oxygens (including phenoxy) is 6. The molecule has 0 bridgehead atoms. The van der Waals surface area contributed by atoms with E-state index < -0.39 is 65.2 Å². The predicted octanol–water partition coefficient (Wildman–Crippen LogP) is 7.25. The Bertz CT molecular complexity index is 1140. The van der Waals surface area contributed by atoms with Gasteiger partial charge < -0.3 is 28.4 Å². The van der Waals surface area contributed by atoms with Crippen LogP contribution in [0, 0.1) is 29.6 Å². The molecular weight excluding hydrogens is 653 g/mol. The standard InChI is InChI=1S/C28H44Cl3N7O7/c1-9-18-12(3)13(4)20(35-37-32)27(41-18)44-23-14(5)15(6)25(45-24(23)17(8)39)43-22-16(7)21(36-38-33)26(42-19(22)10-2)40-11-34-28(29,30)31/h11-16,18-27H,9-10H2,1-8H3/t12-,13-,14+,15?,16+,18-,19-,20?,21?,22-,23-,24-,25+,26-,27+/m0/s1. The van der Waals surface area contributed by atoms with Gasteiger partial charge in [0, 0.05) is 15.7 Å². The molecule has 3 aliphatic rings. The molecule has 0 aromatic heterocycles. The monoisotopic (exact) mass is 695 g/mol. The second-order valence-corrected chi connectivity index (χ2v) is 14.4. The third-order valence-electron chi connectivity index (χ3n) is 9.46. The van der Waals surface area contributed by atoms with E-state index in [2.05, 4.69) is 32.0 Å². The van der Waals surface area contributed by atoms with Crippen LogP contribution >= 0.6 is 34.8 Å². The van der Waals surface area contributed by atoms with Gasteiger partial charge in [-0.25, -0.2) is 4.99 Å². The summed E-state index contributed by atoms with van der Waals surface area (Å²) in [6.45, 7) is 15.2. The van der Waals surface area contributed by atoms with Crippen LogP contribution in [0.4, 0.5) is 0 Å². The van der Waals surface area contributed by atoms with E-state index in [0.29, 0.717) is 6.42 Å². The van der Waals surface area contributed by atoms with Gasteiger partial charge in [0.05, 0.1) is 30.5 Å². The molecule has 3 saturated heterocycles. The Kier molecular flexibility index (Phi) is 13.9. The highest BCUT2D eigenvalue weighted by Crippen LogP contribution is 2.41. The number of hydrogen-bond donors (Lipinski definition) is 0. The number of aliphatic imine (C=N–C) groups is 1. The van der Waals surface area contributed by atoms with E-state index in [1.54, 1.807) is 0 Å². The fourth-order valence-corrected chi connectivity index (χ4v) is 6.48. The molecule has 14 nitrogen and oxygen atoms in total. The van der Waals surface area contributed by atoms with Gasteiger partial charge in [0.2, 0.25) is 6.29 Å². The lowest BCUT2D eigenvalue weighted by Gasteiger charge is -2.50. The summed E-state index contributed by atoms with van der Waals surface area (Å²) in [6, 6.07) is -1.40. The van der Waals surface area contributed by atoms with Crippen molar-refractivity contribution < 1.29 is 33.2 Å². The van der Waals surface area contributed by atoms with Crippen LogP contribution in [-0.2, 0) is 33.2 Å².